The minimum Gasteiger partial charge on any atom is -0.262 e. The summed E-state index contributed by atoms with van der Waals surface area (Å²) in [6.45, 7) is 0. The average Bonchev–Trinajstić information content (AvgIpc) is 2.98. The molecule has 1 aliphatic rings. The van der Waals surface area contributed by atoms with Crippen molar-refractivity contribution in [1.29, 1.82) is 0 Å². The molecule has 0 saturated heterocycles. The van der Waals surface area contributed by atoms with Crippen molar-refractivity contribution in [3.8, 4) is 0 Å². The van der Waals surface area contributed by atoms with Crippen molar-refractivity contribution in [2.24, 2.45) is 0 Å². The van der Waals surface area contributed by atoms with E-state index in [0.717, 1.165) is 12.8 Å². The van der Waals surface area contributed by atoms with Crippen molar-refractivity contribution in [2.45, 2.75) is 23.3 Å². The lowest BCUT2D eigenvalue weighted by Crippen LogP contribution is -2.38. The van der Waals surface area contributed by atoms with E-state index in [1.54, 1.807) is 12.3 Å². The Morgan fingerprint density at radius 3 is 2.62 bits per heavy atom. The molecule has 0 bridgehead atoms. The third kappa shape index (κ3) is 2.64. The van der Waals surface area contributed by atoms with Crippen LogP contribution in [0.1, 0.15) is 12.8 Å². The van der Waals surface area contributed by atoms with Gasteiger partial charge in [0.1, 0.15) is 4.90 Å². The first kappa shape index (κ1) is 12.5. The molecular weight excluding hydrogens is 360 g/mol. The number of halogens is 2. The summed E-state index contributed by atoms with van der Waals surface area (Å²) in [5.41, 5.74) is -0.291. The molecule has 0 aliphatic heterocycles. The van der Waals surface area contributed by atoms with Gasteiger partial charge in [0.25, 0.3) is 0 Å². The lowest BCUT2D eigenvalue weighted by atomic mass is 10.4. The van der Waals surface area contributed by atoms with Crippen molar-refractivity contribution in [3.63, 3.8) is 0 Å². The van der Waals surface area contributed by atoms with Gasteiger partial charge in [0.05, 0.1) is 0 Å². The highest BCUT2D eigenvalue weighted by molar-refractivity contribution is 9.10. The van der Waals surface area contributed by atoms with Gasteiger partial charge in [-0.3, -0.25) is 4.98 Å². The van der Waals surface area contributed by atoms with Crippen molar-refractivity contribution < 1.29 is 8.42 Å². The van der Waals surface area contributed by atoms with E-state index in [2.05, 4.69) is 41.6 Å². The van der Waals surface area contributed by atoms with Crippen molar-refractivity contribution in [2.75, 3.05) is 5.33 Å². The van der Waals surface area contributed by atoms with Crippen LogP contribution in [0, 0.1) is 0 Å². The smallest absolute Gasteiger partial charge is 0.242 e. The molecule has 2 rings (SSSR count). The van der Waals surface area contributed by atoms with Crippen LogP contribution in [-0.4, -0.2) is 24.3 Å². The van der Waals surface area contributed by atoms with E-state index in [0.29, 0.717) is 9.80 Å². The van der Waals surface area contributed by atoms with Gasteiger partial charge in [0.15, 0.2) is 0 Å². The SMILES string of the molecule is O=S(=O)(NC1(CBr)CC1)c1cncc(Br)c1. The maximum atomic E-state index is 12.0. The van der Waals surface area contributed by atoms with E-state index >= 15 is 0 Å². The molecule has 1 aromatic heterocycles. The van der Waals surface area contributed by atoms with Crippen molar-refractivity contribution in [3.05, 3.63) is 22.9 Å². The predicted molar refractivity (Wildman–Crippen MR) is 68.0 cm³/mol. The highest BCUT2D eigenvalue weighted by Gasteiger charge is 2.45. The molecule has 1 heterocycles. The van der Waals surface area contributed by atoms with Gasteiger partial charge in [0.2, 0.25) is 10.0 Å². The highest BCUT2D eigenvalue weighted by Crippen LogP contribution is 2.38. The number of hydrogen-bond donors (Lipinski definition) is 1. The normalized spacial score (nSPS) is 18.4. The van der Waals surface area contributed by atoms with E-state index in [1.807, 2.05) is 0 Å². The molecule has 0 amide bonds. The topological polar surface area (TPSA) is 59.1 Å². The van der Waals surface area contributed by atoms with Crippen LogP contribution in [0.2, 0.25) is 0 Å². The molecule has 0 unspecified atom stereocenters. The quantitative estimate of drug-likeness (QED) is 0.826. The first-order chi connectivity index (χ1) is 7.47. The Morgan fingerprint density at radius 2 is 2.12 bits per heavy atom. The fourth-order valence-corrected chi connectivity index (χ4v) is 4.15. The van der Waals surface area contributed by atoms with Crippen molar-refractivity contribution >= 4 is 41.9 Å². The molecule has 1 aromatic rings. The van der Waals surface area contributed by atoms with Gasteiger partial charge in [-0.15, -0.1) is 0 Å². The Morgan fingerprint density at radius 1 is 1.44 bits per heavy atom. The Balaban J connectivity index is 2.26. The van der Waals surface area contributed by atoms with Gasteiger partial charge in [-0.25, -0.2) is 13.1 Å². The third-order valence-electron chi connectivity index (χ3n) is 2.45. The number of hydrogen-bond acceptors (Lipinski definition) is 3. The number of alkyl halides is 1. The summed E-state index contributed by atoms with van der Waals surface area (Å²) >= 11 is 6.52. The van der Waals surface area contributed by atoms with Crippen LogP contribution in [0.25, 0.3) is 0 Å². The minimum atomic E-state index is -3.46. The zero-order valence-corrected chi connectivity index (χ0v) is 12.3. The molecule has 88 valence electrons. The van der Waals surface area contributed by atoms with E-state index in [1.165, 1.54) is 6.20 Å². The first-order valence-corrected chi connectivity index (χ1v) is 8.08. The highest BCUT2D eigenvalue weighted by atomic mass is 79.9. The van der Waals surface area contributed by atoms with Crippen molar-refractivity contribution in [1.82, 2.24) is 9.71 Å². The molecule has 1 aliphatic carbocycles. The molecule has 4 nitrogen and oxygen atoms in total. The lowest BCUT2D eigenvalue weighted by Gasteiger charge is -2.14. The van der Waals surface area contributed by atoms with Crippen LogP contribution in [0.4, 0.5) is 0 Å². The number of aromatic nitrogens is 1. The van der Waals surface area contributed by atoms with E-state index in [4.69, 9.17) is 0 Å². The number of nitrogens with one attached hydrogen (secondary N) is 1. The standard InChI is InChI=1S/C9H10Br2N2O2S/c10-6-9(1-2-9)13-16(14,15)8-3-7(11)4-12-5-8/h3-5,13H,1-2,6H2. The van der Waals surface area contributed by atoms with Gasteiger partial charge in [-0.05, 0) is 34.8 Å². The molecule has 0 aromatic carbocycles. The summed E-state index contributed by atoms with van der Waals surface area (Å²) in [5, 5.41) is 0.640. The maximum absolute atomic E-state index is 12.0. The number of sulfonamides is 1. The Hall–Kier alpha value is 0.0200. The monoisotopic (exact) mass is 368 g/mol. The van der Waals surface area contributed by atoms with Gasteiger partial charge in [-0.1, -0.05) is 15.9 Å². The van der Waals surface area contributed by atoms with Gasteiger partial charge >= 0.3 is 0 Å². The fourth-order valence-electron chi connectivity index (χ4n) is 1.30. The Kier molecular flexibility index (Phi) is 3.40. The van der Waals surface area contributed by atoms with Crippen LogP contribution in [0.3, 0.4) is 0 Å². The van der Waals surface area contributed by atoms with Crippen LogP contribution >= 0.6 is 31.9 Å². The maximum Gasteiger partial charge on any atom is 0.242 e. The lowest BCUT2D eigenvalue weighted by molar-refractivity contribution is 0.560. The van der Waals surface area contributed by atoms with Crippen LogP contribution in [0.5, 0.6) is 0 Å². The largest absolute Gasteiger partial charge is 0.262 e. The minimum absolute atomic E-state index is 0.189. The summed E-state index contributed by atoms with van der Waals surface area (Å²) in [6, 6.07) is 1.54. The second-order valence-electron chi connectivity index (χ2n) is 3.86. The van der Waals surface area contributed by atoms with Crippen LogP contribution in [0.15, 0.2) is 27.8 Å². The van der Waals surface area contributed by atoms with E-state index in [9.17, 15) is 8.42 Å². The molecule has 1 N–H and O–H groups in total. The second-order valence-corrected chi connectivity index (χ2v) is 7.02. The summed E-state index contributed by atoms with van der Waals surface area (Å²) in [4.78, 5) is 4.04. The van der Waals surface area contributed by atoms with Crippen LogP contribution in [-0.2, 0) is 10.0 Å². The van der Waals surface area contributed by atoms with E-state index in [-0.39, 0.29) is 10.4 Å². The summed E-state index contributed by atoms with van der Waals surface area (Å²) in [7, 11) is -3.46. The van der Waals surface area contributed by atoms with Gasteiger partial charge in [0, 0.05) is 27.7 Å². The molecule has 16 heavy (non-hydrogen) atoms. The Labute approximate surface area is 111 Å². The summed E-state index contributed by atoms with van der Waals surface area (Å²) in [6.07, 6.45) is 4.64. The fraction of sp³-hybridized carbons (Fsp3) is 0.444. The van der Waals surface area contributed by atoms with Gasteiger partial charge < -0.3 is 0 Å². The average molecular weight is 370 g/mol. The molecule has 7 heteroatoms. The Bertz CT molecular complexity index is 500. The van der Waals surface area contributed by atoms with E-state index < -0.39 is 10.0 Å². The molecule has 1 fully saturated rings. The predicted octanol–water partition coefficient (Wildman–Crippen LogP) is 2.05. The third-order valence-corrected chi connectivity index (χ3v) is 5.50. The molecule has 0 spiro atoms. The zero-order valence-electron chi connectivity index (χ0n) is 8.28. The summed E-state index contributed by atoms with van der Waals surface area (Å²) in [5.74, 6) is 0. The zero-order chi connectivity index (χ0) is 11.8. The number of rotatable bonds is 4. The van der Waals surface area contributed by atoms with Gasteiger partial charge in [-0.2, -0.15) is 0 Å². The number of nitrogens with zero attached hydrogens (tertiary/aromatic N) is 1. The summed E-state index contributed by atoms with van der Waals surface area (Å²) < 4.78 is 27.4. The first-order valence-electron chi connectivity index (χ1n) is 4.68. The molecule has 0 radical (unpaired) electrons. The second kappa shape index (κ2) is 4.36. The van der Waals surface area contributed by atoms with Crippen LogP contribution < -0.4 is 4.72 Å². The number of pyridine rings is 1. The molecule has 1 saturated carbocycles. The molecule has 0 atom stereocenters. The molecular formula is C9H10Br2N2O2S.